The smallest absolute Gasteiger partial charge is 0.330 e. The Hall–Kier alpha value is -0.740. The summed E-state index contributed by atoms with van der Waals surface area (Å²) in [6, 6.07) is 3.75. The van der Waals surface area contributed by atoms with Gasteiger partial charge in [0.2, 0.25) is 0 Å². The molecular weight excluding hydrogens is 227 g/mol. The predicted octanol–water partition coefficient (Wildman–Crippen LogP) is 3.42. The standard InChI is InChI=1S/C10H11ClF3N/c1-6(5-15)9-7(10(12,13)14)3-2-4-8(9)11/h2-4,6H,5,15H2,1H3. The van der Waals surface area contributed by atoms with Gasteiger partial charge in [0.15, 0.2) is 0 Å². The Balaban J connectivity index is 3.33. The normalized spacial score (nSPS) is 14.0. The van der Waals surface area contributed by atoms with Gasteiger partial charge in [-0.3, -0.25) is 0 Å². The topological polar surface area (TPSA) is 26.0 Å². The maximum Gasteiger partial charge on any atom is 0.416 e. The van der Waals surface area contributed by atoms with E-state index >= 15 is 0 Å². The largest absolute Gasteiger partial charge is 0.416 e. The molecule has 0 amide bonds. The summed E-state index contributed by atoms with van der Waals surface area (Å²) in [4.78, 5) is 0. The van der Waals surface area contributed by atoms with E-state index in [0.29, 0.717) is 0 Å². The number of rotatable bonds is 2. The molecule has 0 aliphatic carbocycles. The van der Waals surface area contributed by atoms with Crippen molar-refractivity contribution in [3.05, 3.63) is 34.3 Å². The van der Waals surface area contributed by atoms with Gasteiger partial charge in [0.05, 0.1) is 5.56 Å². The van der Waals surface area contributed by atoms with E-state index in [1.807, 2.05) is 0 Å². The number of nitrogens with two attached hydrogens (primary N) is 1. The van der Waals surface area contributed by atoms with Gasteiger partial charge in [0.1, 0.15) is 0 Å². The van der Waals surface area contributed by atoms with E-state index in [1.165, 1.54) is 12.1 Å². The molecular formula is C10H11ClF3N. The third-order valence-electron chi connectivity index (χ3n) is 2.20. The fourth-order valence-electron chi connectivity index (χ4n) is 1.40. The SMILES string of the molecule is CC(CN)c1c(Cl)cccc1C(F)(F)F. The molecule has 0 aromatic heterocycles. The van der Waals surface area contributed by atoms with E-state index < -0.39 is 17.7 Å². The average Bonchev–Trinajstić information content (AvgIpc) is 2.15. The molecule has 0 aliphatic rings. The first-order chi connectivity index (χ1) is 6.88. The number of benzene rings is 1. The third-order valence-corrected chi connectivity index (χ3v) is 2.53. The van der Waals surface area contributed by atoms with Crippen LogP contribution in [-0.4, -0.2) is 6.54 Å². The molecule has 1 aromatic rings. The lowest BCUT2D eigenvalue weighted by molar-refractivity contribution is -0.138. The molecule has 1 aromatic carbocycles. The molecule has 0 radical (unpaired) electrons. The van der Waals surface area contributed by atoms with Gasteiger partial charge in [-0.25, -0.2) is 0 Å². The number of alkyl halides is 3. The van der Waals surface area contributed by atoms with Gasteiger partial charge in [-0.1, -0.05) is 24.6 Å². The van der Waals surface area contributed by atoms with Crippen LogP contribution >= 0.6 is 11.6 Å². The van der Waals surface area contributed by atoms with Gasteiger partial charge in [-0.15, -0.1) is 0 Å². The maximum atomic E-state index is 12.6. The van der Waals surface area contributed by atoms with Gasteiger partial charge < -0.3 is 5.73 Å². The summed E-state index contributed by atoms with van der Waals surface area (Å²) in [6.45, 7) is 1.75. The monoisotopic (exact) mass is 237 g/mol. The Kier molecular flexibility index (Phi) is 3.62. The van der Waals surface area contributed by atoms with Crippen LogP contribution in [0.3, 0.4) is 0 Å². The van der Waals surface area contributed by atoms with E-state index in [0.717, 1.165) is 6.07 Å². The molecule has 0 heterocycles. The van der Waals surface area contributed by atoms with E-state index in [1.54, 1.807) is 6.92 Å². The summed E-state index contributed by atoms with van der Waals surface area (Å²) in [5.41, 5.74) is 4.74. The molecule has 5 heteroatoms. The molecule has 15 heavy (non-hydrogen) atoms. The summed E-state index contributed by atoms with van der Waals surface area (Å²) in [6.07, 6.45) is -4.39. The molecule has 1 rings (SSSR count). The van der Waals surface area contributed by atoms with Crippen molar-refractivity contribution in [2.75, 3.05) is 6.54 Å². The highest BCUT2D eigenvalue weighted by Crippen LogP contribution is 2.38. The number of halogens is 4. The van der Waals surface area contributed by atoms with Crippen LogP contribution in [0.25, 0.3) is 0 Å². The van der Waals surface area contributed by atoms with Crippen molar-refractivity contribution in [3.63, 3.8) is 0 Å². The minimum absolute atomic E-state index is 0.0779. The van der Waals surface area contributed by atoms with Crippen molar-refractivity contribution >= 4 is 11.6 Å². The lowest BCUT2D eigenvalue weighted by Crippen LogP contribution is -2.16. The second kappa shape index (κ2) is 4.41. The van der Waals surface area contributed by atoms with Crippen molar-refractivity contribution < 1.29 is 13.2 Å². The molecule has 0 bridgehead atoms. The molecule has 0 saturated carbocycles. The molecule has 0 spiro atoms. The quantitative estimate of drug-likeness (QED) is 0.838. The molecule has 0 fully saturated rings. The lowest BCUT2D eigenvalue weighted by atomic mass is 9.95. The van der Waals surface area contributed by atoms with Crippen LogP contribution in [0.15, 0.2) is 18.2 Å². The van der Waals surface area contributed by atoms with Crippen LogP contribution in [0.5, 0.6) is 0 Å². The first-order valence-electron chi connectivity index (χ1n) is 4.43. The molecule has 84 valence electrons. The average molecular weight is 238 g/mol. The van der Waals surface area contributed by atoms with Gasteiger partial charge in [0.25, 0.3) is 0 Å². The Morgan fingerprint density at radius 3 is 2.47 bits per heavy atom. The summed E-state index contributed by atoms with van der Waals surface area (Å²) in [5.74, 6) is -0.407. The van der Waals surface area contributed by atoms with E-state index in [9.17, 15) is 13.2 Å². The van der Waals surface area contributed by atoms with Crippen LogP contribution in [0.4, 0.5) is 13.2 Å². The van der Waals surface area contributed by atoms with Crippen LogP contribution < -0.4 is 5.73 Å². The number of hydrogen-bond donors (Lipinski definition) is 1. The van der Waals surface area contributed by atoms with Crippen LogP contribution in [0, 0.1) is 0 Å². The van der Waals surface area contributed by atoms with E-state index in [4.69, 9.17) is 17.3 Å². The van der Waals surface area contributed by atoms with Gasteiger partial charge in [0, 0.05) is 5.02 Å². The highest BCUT2D eigenvalue weighted by Gasteiger charge is 2.35. The first kappa shape index (κ1) is 12.3. The fraction of sp³-hybridized carbons (Fsp3) is 0.400. The van der Waals surface area contributed by atoms with Gasteiger partial charge >= 0.3 is 6.18 Å². The summed E-state index contributed by atoms with van der Waals surface area (Å²) in [5, 5.41) is 0.114. The van der Waals surface area contributed by atoms with Crippen LogP contribution in [0.1, 0.15) is 24.0 Å². The minimum Gasteiger partial charge on any atom is -0.330 e. The van der Waals surface area contributed by atoms with Crippen LogP contribution in [0.2, 0.25) is 5.02 Å². The fourth-order valence-corrected chi connectivity index (χ4v) is 1.76. The second-order valence-corrected chi connectivity index (χ2v) is 3.74. The van der Waals surface area contributed by atoms with Gasteiger partial charge in [-0.2, -0.15) is 13.2 Å². The zero-order valence-corrected chi connectivity index (χ0v) is 8.86. The third kappa shape index (κ3) is 2.63. The number of hydrogen-bond acceptors (Lipinski definition) is 1. The Labute approximate surface area is 91.0 Å². The molecule has 1 atom stereocenters. The maximum absolute atomic E-state index is 12.6. The summed E-state index contributed by atoms with van der Waals surface area (Å²) >= 11 is 5.75. The second-order valence-electron chi connectivity index (χ2n) is 3.34. The zero-order valence-electron chi connectivity index (χ0n) is 8.11. The molecule has 1 unspecified atom stereocenters. The van der Waals surface area contributed by atoms with Crippen molar-refractivity contribution in [1.82, 2.24) is 0 Å². The summed E-state index contributed by atoms with van der Waals surface area (Å²) in [7, 11) is 0. The highest BCUT2D eigenvalue weighted by atomic mass is 35.5. The zero-order chi connectivity index (χ0) is 11.6. The lowest BCUT2D eigenvalue weighted by Gasteiger charge is -2.18. The molecule has 0 saturated heterocycles. The molecule has 1 nitrogen and oxygen atoms in total. The van der Waals surface area contributed by atoms with Crippen molar-refractivity contribution in [2.45, 2.75) is 19.0 Å². The molecule has 2 N–H and O–H groups in total. The Bertz CT molecular complexity index is 349. The van der Waals surface area contributed by atoms with Crippen molar-refractivity contribution in [3.8, 4) is 0 Å². The summed E-state index contributed by atoms with van der Waals surface area (Å²) < 4.78 is 37.9. The van der Waals surface area contributed by atoms with E-state index in [-0.39, 0.29) is 17.1 Å². The molecule has 0 aliphatic heterocycles. The van der Waals surface area contributed by atoms with Crippen molar-refractivity contribution in [1.29, 1.82) is 0 Å². The highest BCUT2D eigenvalue weighted by molar-refractivity contribution is 6.31. The van der Waals surface area contributed by atoms with Gasteiger partial charge in [-0.05, 0) is 30.2 Å². The minimum atomic E-state index is -4.39. The van der Waals surface area contributed by atoms with Crippen LogP contribution in [-0.2, 0) is 6.18 Å². The first-order valence-corrected chi connectivity index (χ1v) is 4.81. The Morgan fingerprint density at radius 1 is 1.40 bits per heavy atom. The van der Waals surface area contributed by atoms with E-state index in [2.05, 4.69) is 0 Å². The predicted molar refractivity (Wildman–Crippen MR) is 53.9 cm³/mol. The Morgan fingerprint density at radius 2 is 2.00 bits per heavy atom. The van der Waals surface area contributed by atoms with Crippen molar-refractivity contribution in [2.24, 2.45) is 5.73 Å².